The molecule has 13 heavy (non-hydrogen) atoms. The fourth-order valence-electron chi connectivity index (χ4n) is 0.877. The third kappa shape index (κ3) is 2.17. The summed E-state index contributed by atoms with van der Waals surface area (Å²) in [4.78, 5) is 21.9. The summed E-state index contributed by atoms with van der Waals surface area (Å²) in [7, 11) is 0. The van der Waals surface area contributed by atoms with Crippen molar-refractivity contribution in [3.05, 3.63) is 17.1 Å². The first-order valence-electron chi connectivity index (χ1n) is 3.24. The third-order valence-electron chi connectivity index (χ3n) is 1.42. The zero-order chi connectivity index (χ0) is 8.55. The summed E-state index contributed by atoms with van der Waals surface area (Å²) >= 11 is 0. The van der Waals surface area contributed by atoms with Crippen LogP contribution in [-0.2, 0) is 4.79 Å². The van der Waals surface area contributed by atoms with Gasteiger partial charge >= 0.3 is 51.4 Å². The Balaban J connectivity index is 0.000000845. The molecule has 1 aromatic heterocycles. The van der Waals surface area contributed by atoms with Gasteiger partial charge in [0.1, 0.15) is 0 Å². The first-order valence-corrected chi connectivity index (χ1v) is 3.24. The molecule has 0 radical (unpaired) electrons. The third-order valence-corrected chi connectivity index (χ3v) is 1.42. The van der Waals surface area contributed by atoms with Gasteiger partial charge in [-0.3, -0.25) is 10.1 Å². The number of nitrogens with one attached hydrogen (secondary N) is 1. The van der Waals surface area contributed by atoms with Crippen molar-refractivity contribution in [1.82, 2.24) is 5.16 Å². The molecule has 1 N–H and O–H groups in total. The number of hydrogen-bond donors (Lipinski definition) is 1. The van der Waals surface area contributed by atoms with Crippen LogP contribution in [-0.4, -0.2) is 23.5 Å². The number of rotatable bonds is 0. The van der Waals surface area contributed by atoms with Gasteiger partial charge in [-0.2, -0.15) is 0 Å². The first-order chi connectivity index (χ1) is 5.77. The predicted octanol–water partition coefficient (Wildman–Crippen LogP) is -2.86. The Morgan fingerprint density at radius 2 is 2.31 bits per heavy atom. The maximum absolute atomic E-state index is 11.1. The molecule has 2 heterocycles. The van der Waals surface area contributed by atoms with E-state index in [1.165, 1.54) is 6.20 Å². The number of carbonyl (C=O) groups excluding carboxylic acids is 2. The molecule has 0 saturated heterocycles. The average Bonchev–Trinajstić information content (AvgIpc) is 2.44. The molecule has 0 atom stereocenters. The van der Waals surface area contributed by atoms with Gasteiger partial charge in [0.05, 0.1) is 17.7 Å². The molecule has 1 aliphatic rings. The monoisotopic (exact) mass is 205 g/mol. The molecule has 0 spiro atoms. The number of anilines is 1. The minimum Gasteiger partial charge on any atom is -0.641 e. The Labute approximate surface area is 116 Å². The second-order valence-corrected chi connectivity index (χ2v) is 2.24. The first kappa shape index (κ1) is 10.9. The smallest absolute Gasteiger partial charge is 0.641 e. The van der Waals surface area contributed by atoms with Crippen molar-refractivity contribution in [3.63, 3.8) is 0 Å². The predicted molar refractivity (Wildman–Crippen MR) is 37.7 cm³/mol. The Hall–Kier alpha value is -0.214. The van der Waals surface area contributed by atoms with Crippen molar-refractivity contribution in [3.8, 4) is 0 Å². The molecule has 0 unspecified atom stereocenters. The van der Waals surface area contributed by atoms with Crippen LogP contribution in [0.4, 0.5) is 5.88 Å². The Kier molecular flexibility index (Phi) is 3.62. The molecular weight excluding hydrogens is 201 g/mol. The molecule has 1 aliphatic heterocycles. The summed E-state index contributed by atoms with van der Waals surface area (Å²) in [6.07, 6.45) is 1.23. The number of carbonyl (C=O) groups is 2. The van der Waals surface area contributed by atoms with Crippen molar-refractivity contribution in [2.45, 2.75) is 0 Å². The number of hydrogen-bond acceptors (Lipinski definition) is 4. The molecule has 7 heteroatoms. The summed E-state index contributed by atoms with van der Waals surface area (Å²) in [5.74, 6) is -0.783. The molecular formula is C6H4KN3O3. The van der Waals surface area contributed by atoms with Crippen molar-refractivity contribution >= 4 is 17.7 Å². The number of nitrogens with zero attached hydrogens (tertiary/aromatic N) is 2. The molecule has 2 rings (SSSR count). The van der Waals surface area contributed by atoms with Crippen LogP contribution < -0.4 is 56.7 Å². The van der Waals surface area contributed by atoms with E-state index in [0.29, 0.717) is 0 Å². The second kappa shape index (κ2) is 4.33. The Morgan fingerprint density at radius 3 is 3.08 bits per heavy atom. The minimum atomic E-state index is -0.482. The number of aromatic nitrogens is 1. The van der Waals surface area contributed by atoms with Crippen molar-refractivity contribution in [1.29, 1.82) is 0 Å². The van der Waals surface area contributed by atoms with Gasteiger partial charge < -0.3 is 14.6 Å². The molecule has 0 aliphatic carbocycles. The normalized spacial score (nSPS) is 14.8. The summed E-state index contributed by atoms with van der Waals surface area (Å²) in [5.41, 5.74) is 0.195. The van der Waals surface area contributed by atoms with Crippen LogP contribution in [0.25, 0.3) is 5.32 Å². The summed E-state index contributed by atoms with van der Waals surface area (Å²) in [6.45, 7) is -0.164. The van der Waals surface area contributed by atoms with Gasteiger partial charge in [0.15, 0.2) is 0 Å². The maximum atomic E-state index is 11.1. The fraction of sp³-hybridized carbons (Fsp3) is 0.167. The van der Waals surface area contributed by atoms with Crippen molar-refractivity contribution in [2.75, 3.05) is 11.9 Å². The summed E-state index contributed by atoms with van der Waals surface area (Å²) < 4.78 is 4.61. The van der Waals surface area contributed by atoms with E-state index >= 15 is 0 Å². The summed E-state index contributed by atoms with van der Waals surface area (Å²) in [6, 6.07) is 0. The van der Waals surface area contributed by atoms with Crippen LogP contribution in [0.3, 0.4) is 0 Å². The van der Waals surface area contributed by atoms with Gasteiger partial charge in [0.2, 0.25) is 11.8 Å². The van der Waals surface area contributed by atoms with E-state index in [1.54, 1.807) is 0 Å². The maximum Gasteiger partial charge on any atom is 1.00 e. The van der Waals surface area contributed by atoms with E-state index in [0.717, 1.165) is 0 Å². The summed E-state index contributed by atoms with van der Waals surface area (Å²) in [5, 5.41) is 9.18. The van der Waals surface area contributed by atoms with E-state index < -0.39 is 5.91 Å². The van der Waals surface area contributed by atoms with Gasteiger partial charge in [0.25, 0.3) is 0 Å². The van der Waals surface area contributed by atoms with E-state index in [9.17, 15) is 9.59 Å². The average molecular weight is 205 g/mol. The zero-order valence-corrected chi connectivity index (χ0v) is 10.0. The van der Waals surface area contributed by atoms with Gasteiger partial charge in [-0.05, 0) is 6.54 Å². The number of fused-ring (bicyclic) bond motifs is 1. The Bertz CT molecular complexity index is 349. The molecule has 0 bridgehead atoms. The second-order valence-electron chi connectivity index (χ2n) is 2.24. The van der Waals surface area contributed by atoms with Crippen molar-refractivity contribution in [2.24, 2.45) is 0 Å². The van der Waals surface area contributed by atoms with Crippen LogP contribution in [0.5, 0.6) is 0 Å². The van der Waals surface area contributed by atoms with Gasteiger partial charge in [-0.25, -0.2) is 0 Å². The van der Waals surface area contributed by atoms with Crippen molar-refractivity contribution < 1.29 is 65.5 Å². The van der Waals surface area contributed by atoms with Crippen LogP contribution in [0.1, 0.15) is 10.4 Å². The fourth-order valence-corrected chi connectivity index (χ4v) is 0.877. The van der Waals surface area contributed by atoms with E-state index in [2.05, 4.69) is 20.3 Å². The topological polar surface area (TPSA) is 86.3 Å². The Morgan fingerprint density at radius 1 is 1.54 bits per heavy atom. The van der Waals surface area contributed by atoms with E-state index in [-0.39, 0.29) is 75.3 Å². The molecule has 6 nitrogen and oxygen atoms in total. The molecule has 0 saturated carbocycles. The van der Waals surface area contributed by atoms with Crippen LogP contribution in [0, 0.1) is 0 Å². The SMILES string of the molecule is O=C1C[N-]C(=O)c2cnoc2N1.[K+]. The van der Waals surface area contributed by atoms with Crippen LogP contribution in [0.15, 0.2) is 10.7 Å². The molecule has 0 aromatic carbocycles. The van der Waals surface area contributed by atoms with Gasteiger partial charge in [-0.15, -0.1) is 0 Å². The largest absolute Gasteiger partial charge is 1.00 e. The molecule has 0 fully saturated rings. The molecule has 2 amide bonds. The quantitative estimate of drug-likeness (QED) is 0.462. The van der Waals surface area contributed by atoms with Crippen LogP contribution >= 0.6 is 0 Å². The van der Waals surface area contributed by atoms with Gasteiger partial charge in [0, 0.05) is 0 Å². The van der Waals surface area contributed by atoms with E-state index in [4.69, 9.17) is 0 Å². The molecule has 1 aromatic rings. The number of amides is 2. The van der Waals surface area contributed by atoms with Crippen LogP contribution in [0.2, 0.25) is 0 Å². The minimum absolute atomic E-state index is 0. The van der Waals surface area contributed by atoms with E-state index in [1.807, 2.05) is 0 Å². The zero-order valence-electron chi connectivity index (χ0n) is 6.90. The standard InChI is InChI=1S/C6H5N3O3.K/c10-4-2-7-5(11)3-1-8-12-6(3)9-4;/h1H,2H2,(H2,7,8,9,10,11);/q;+1/p-1. The van der Waals surface area contributed by atoms with Gasteiger partial charge in [-0.1, -0.05) is 5.16 Å². The molecule has 62 valence electrons.